The van der Waals surface area contributed by atoms with Gasteiger partial charge in [0.05, 0.1) is 12.1 Å². The third-order valence-corrected chi connectivity index (χ3v) is 3.06. The molecule has 0 atom stereocenters. The minimum Gasteiger partial charge on any atom is -0.363 e. The van der Waals surface area contributed by atoms with Gasteiger partial charge in [0.25, 0.3) is 0 Å². The van der Waals surface area contributed by atoms with E-state index in [1.807, 2.05) is 28.8 Å². The molecule has 0 bridgehead atoms. The van der Waals surface area contributed by atoms with Crippen LogP contribution in [0.1, 0.15) is 12.7 Å². The average Bonchev–Trinajstić information content (AvgIpc) is 2.92. The van der Waals surface area contributed by atoms with E-state index in [9.17, 15) is 0 Å². The maximum absolute atomic E-state index is 4.56. The van der Waals surface area contributed by atoms with Crippen LogP contribution in [0.4, 0.5) is 5.82 Å². The normalized spacial score (nSPS) is 10.8. The fourth-order valence-corrected chi connectivity index (χ4v) is 2.01. The van der Waals surface area contributed by atoms with Crippen molar-refractivity contribution in [2.75, 3.05) is 5.32 Å². The first kappa shape index (κ1) is 11.6. The number of aryl methyl sites for hydroxylation is 1. The largest absolute Gasteiger partial charge is 0.363 e. The molecule has 0 radical (unpaired) electrons. The summed E-state index contributed by atoms with van der Waals surface area (Å²) < 4.78 is 2.01. The van der Waals surface area contributed by atoms with E-state index in [0.29, 0.717) is 6.54 Å². The van der Waals surface area contributed by atoms with Crippen LogP contribution in [0.2, 0.25) is 0 Å². The van der Waals surface area contributed by atoms with Crippen LogP contribution in [-0.4, -0.2) is 19.7 Å². The number of pyridine rings is 1. The Morgan fingerprint density at radius 2 is 2.05 bits per heavy atom. The number of benzene rings is 1. The second kappa shape index (κ2) is 5.06. The summed E-state index contributed by atoms with van der Waals surface area (Å²) in [5, 5.41) is 12.4. The highest BCUT2D eigenvalue weighted by Crippen LogP contribution is 2.14. The molecule has 0 saturated carbocycles. The molecule has 0 spiro atoms. The van der Waals surface area contributed by atoms with Crippen molar-refractivity contribution in [3.05, 3.63) is 48.5 Å². The van der Waals surface area contributed by atoms with Crippen molar-refractivity contribution in [3.8, 4) is 0 Å². The van der Waals surface area contributed by atoms with Crippen LogP contribution < -0.4 is 5.32 Å². The lowest BCUT2D eigenvalue weighted by Gasteiger charge is -2.07. The number of rotatable bonds is 4. The molecule has 96 valence electrons. The van der Waals surface area contributed by atoms with Gasteiger partial charge in [0, 0.05) is 11.9 Å². The molecule has 5 heteroatoms. The molecule has 3 aromatic rings. The van der Waals surface area contributed by atoms with Crippen molar-refractivity contribution in [1.29, 1.82) is 0 Å². The molecule has 2 heterocycles. The smallest absolute Gasteiger partial charge is 0.152 e. The number of hydrogen-bond donors (Lipinski definition) is 1. The molecule has 0 aliphatic heterocycles. The molecule has 3 rings (SSSR count). The Bertz CT molecular complexity index is 689. The van der Waals surface area contributed by atoms with Gasteiger partial charge in [-0.3, -0.25) is 0 Å². The van der Waals surface area contributed by atoms with Gasteiger partial charge >= 0.3 is 0 Å². The van der Waals surface area contributed by atoms with Crippen molar-refractivity contribution in [3.63, 3.8) is 0 Å². The van der Waals surface area contributed by atoms with E-state index in [2.05, 4.69) is 39.6 Å². The van der Waals surface area contributed by atoms with Crippen LogP contribution >= 0.6 is 0 Å². The summed E-state index contributed by atoms with van der Waals surface area (Å²) in [5.41, 5.74) is 0.990. The minimum atomic E-state index is 0.624. The highest BCUT2D eigenvalue weighted by molar-refractivity contribution is 5.79. The van der Waals surface area contributed by atoms with Gasteiger partial charge in [-0.15, -0.1) is 10.2 Å². The summed E-state index contributed by atoms with van der Waals surface area (Å²) >= 11 is 0. The molecule has 2 aromatic heterocycles. The predicted octanol–water partition coefficient (Wildman–Crippen LogP) is 2.46. The number of fused-ring (bicyclic) bond motifs is 1. The Balaban J connectivity index is 1.78. The van der Waals surface area contributed by atoms with Crippen molar-refractivity contribution in [2.24, 2.45) is 0 Å². The highest BCUT2D eigenvalue weighted by Gasteiger charge is 2.03. The van der Waals surface area contributed by atoms with Gasteiger partial charge in [0.2, 0.25) is 0 Å². The highest BCUT2D eigenvalue weighted by atomic mass is 15.3. The number of hydrogen-bond acceptors (Lipinski definition) is 4. The van der Waals surface area contributed by atoms with Gasteiger partial charge in [-0.25, -0.2) is 4.98 Å². The fraction of sp³-hybridized carbons (Fsp3) is 0.214. The number of para-hydroxylation sites is 1. The molecular formula is C14H15N5. The van der Waals surface area contributed by atoms with Crippen LogP contribution in [0.5, 0.6) is 0 Å². The number of aromatic nitrogens is 4. The topological polar surface area (TPSA) is 55.6 Å². The Kier molecular flexibility index (Phi) is 3.10. The van der Waals surface area contributed by atoms with E-state index < -0.39 is 0 Å². The molecule has 0 unspecified atom stereocenters. The number of nitrogens with one attached hydrogen (secondary N) is 1. The zero-order valence-electron chi connectivity index (χ0n) is 10.7. The first-order valence-electron chi connectivity index (χ1n) is 6.33. The molecule has 0 aliphatic rings. The summed E-state index contributed by atoms with van der Waals surface area (Å²) in [4.78, 5) is 4.56. The van der Waals surface area contributed by atoms with E-state index in [-0.39, 0.29) is 0 Å². The van der Waals surface area contributed by atoms with Crippen LogP contribution in [-0.2, 0) is 13.1 Å². The lowest BCUT2D eigenvalue weighted by atomic mass is 10.2. The average molecular weight is 253 g/mol. The molecule has 0 saturated heterocycles. The lowest BCUT2D eigenvalue weighted by Crippen LogP contribution is -2.08. The first-order chi connectivity index (χ1) is 9.36. The summed E-state index contributed by atoms with van der Waals surface area (Å²) in [6.07, 6.45) is 1.74. The predicted molar refractivity (Wildman–Crippen MR) is 74.8 cm³/mol. The monoisotopic (exact) mass is 253 g/mol. The van der Waals surface area contributed by atoms with Crippen molar-refractivity contribution < 1.29 is 0 Å². The second-order valence-electron chi connectivity index (χ2n) is 4.28. The van der Waals surface area contributed by atoms with Gasteiger partial charge in [-0.1, -0.05) is 18.2 Å². The molecule has 1 aromatic carbocycles. The Morgan fingerprint density at radius 1 is 1.16 bits per heavy atom. The Morgan fingerprint density at radius 3 is 2.95 bits per heavy atom. The molecule has 19 heavy (non-hydrogen) atoms. The summed E-state index contributed by atoms with van der Waals surface area (Å²) in [5.74, 6) is 1.77. The van der Waals surface area contributed by atoms with Gasteiger partial charge in [-0.2, -0.15) is 0 Å². The maximum atomic E-state index is 4.56. The van der Waals surface area contributed by atoms with E-state index in [4.69, 9.17) is 0 Å². The molecule has 0 amide bonds. The van der Waals surface area contributed by atoms with Crippen molar-refractivity contribution in [2.45, 2.75) is 20.0 Å². The maximum Gasteiger partial charge on any atom is 0.152 e. The zero-order chi connectivity index (χ0) is 13.1. The number of anilines is 1. The third-order valence-electron chi connectivity index (χ3n) is 3.06. The first-order valence-corrected chi connectivity index (χ1v) is 6.33. The quantitative estimate of drug-likeness (QED) is 0.776. The molecular weight excluding hydrogens is 238 g/mol. The summed E-state index contributed by atoms with van der Waals surface area (Å²) in [7, 11) is 0. The Hall–Kier alpha value is -2.43. The molecule has 5 nitrogen and oxygen atoms in total. The lowest BCUT2D eigenvalue weighted by molar-refractivity contribution is 0.707. The molecule has 0 fully saturated rings. The molecule has 0 aliphatic carbocycles. The third kappa shape index (κ3) is 2.40. The van der Waals surface area contributed by atoms with Crippen LogP contribution in [0.15, 0.2) is 42.7 Å². The van der Waals surface area contributed by atoms with Crippen LogP contribution in [0, 0.1) is 0 Å². The van der Waals surface area contributed by atoms with E-state index >= 15 is 0 Å². The zero-order valence-corrected chi connectivity index (χ0v) is 10.7. The van der Waals surface area contributed by atoms with Crippen molar-refractivity contribution in [1.82, 2.24) is 19.7 Å². The fourth-order valence-electron chi connectivity index (χ4n) is 2.01. The minimum absolute atomic E-state index is 0.624. The van der Waals surface area contributed by atoms with E-state index in [0.717, 1.165) is 29.1 Å². The van der Waals surface area contributed by atoms with Gasteiger partial charge < -0.3 is 9.88 Å². The summed E-state index contributed by atoms with van der Waals surface area (Å²) in [6, 6.07) is 12.1. The van der Waals surface area contributed by atoms with Gasteiger partial charge in [0.15, 0.2) is 5.82 Å². The van der Waals surface area contributed by atoms with E-state index in [1.54, 1.807) is 6.33 Å². The molecule has 1 N–H and O–H groups in total. The second-order valence-corrected chi connectivity index (χ2v) is 4.28. The van der Waals surface area contributed by atoms with Crippen molar-refractivity contribution >= 4 is 16.7 Å². The van der Waals surface area contributed by atoms with Crippen LogP contribution in [0.25, 0.3) is 10.9 Å². The van der Waals surface area contributed by atoms with E-state index in [1.165, 1.54) is 0 Å². The number of nitrogens with zero attached hydrogens (tertiary/aromatic N) is 4. The van der Waals surface area contributed by atoms with Gasteiger partial charge in [0.1, 0.15) is 12.1 Å². The standard InChI is InChI=1S/C14H15N5/c1-2-19-10-16-18-14(19)9-15-13-8-7-11-5-3-4-6-12(11)17-13/h3-8,10H,2,9H2,1H3,(H,15,17). The van der Waals surface area contributed by atoms with Crippen LogP contribution in [0.3, 0.4) is 0 Å². The van der Waals surface area contributed by atoms with Gasteiger partial charge in [-0.05, 0) is 25.1 Å². The SMILES string of the molecule is CCn1cnnc1CNc1ccc2ccccc2n1. The summed E-state index contributed by atoms with van der Waals surface area (Å²) in [6.45, 7) is 3.56. The Labute approximate surface area is 111 Å².